The van der Waals surface area contributed by atoms with E-state index < -0.39 is 6.36 Å². The van der Waals surface area contributed by atoms with Crippen LogP contribution in [0.1, 0.15) is 25.5 Å². The Kier molecular flexibility index (Phi) is 3.98. The van der Waals surface area contributed by atoms with Crippen LogP contribution < -0.4 is 10.1 Å². The predicted octanol–water partition coefficient (Wildman–Crippen LogP) is 2.78. The largest absolute Gasteiger partial charge is 0.573 e. The molecule has 0 aliphatic rings. The van der Waals surface area contributed by atoms with Crippen LogP contribution in [0.15, 0.2) is 24.3 Å². The number of carbonyl (C=O) groups is 1. The van der Waals surface area contributed by atoms with E-state index >= 15 is 0 Å². The number of nitrogens with one attached hydrogen (secondary N) is 1. The molecule has 0 aliphatic carbocycles. The fourth-order valence-electron chi connectivity index (χ4n) is 1.35. The van der Waals surface area contributed by atoms with Crippen LogP contribution in [-0.2, 0) is 4.79 Å². The second-order valence-corrected chi connectivity index (χ2v) is 3.54. The maximum absolute atomic E-state index is 11.9. The molecule has 0 fully saturated rings. The SMILES string of the molecule is CC(=O)NC(C)c1ccc(OC(F)(F)F)cc1. The van der Waals surface area contributed by atoms with Gasteiger partial charge < -0.3 is 10.1 Å². The molecule has 0 heterocycles. The van der Waals surface area contributed by atoms with Gasteiger partial charge in [0.25, 0.3) is 0 Å². The van der Waals surface area contributed by atoms with Gasteiger partial charge in [-0.2, -0.15) is 0 Å². The van der Waals surface area contributed by atoms with Crippen LogP contribution in [0.2, 0.25) is 0 Å². The van der Waals surface area contributed by atoms with Crippen LogP contribution in [0.25, 0.3) is 0 Å². The maximum Gasteiger partial charge on any atom is 0.573 e. The lowest BCUT2D eigenvalue weighted by molar-refractivity contribution is -0.274. The zero-order valence-corrected chi connectivity index (χ0v) is 9.34. The van der Waals surface area contributed by atoms with Crippen molar-refractivity contribution in [2.45, 2.75) is 26.3 Å². The Labute approximate surface area is 96.6 Å². The standard InChI is InChI=1S/C11H12F3NO2/c1-7(15-8(2)16)9-3-5-10(6-4-9)17-11(12,13)14/h3-7H,1-2H3,(H,15,16). The molecule has 1 atom stereocenters. The number of rotatable bonds is 3. The Hall–Kier alpha value is -1.72. The number of carbonyl (C=O) groups excluding carboxylic acids is 1. The molecule has 1 unspecified atom stereocenters. The van der Waals surface area contributed by atoms with Gasteiger partial charge in [-0.05, 0) is 24.6 Å². The van der Waals surface area contributed by atoms with E-state index in [1.165, 1.54) is 31.2 Å². The lowest BCUT2D eigenvalue weighted by Crippen LogP contribution is -2.23. The summed E-state index contributed by atoms with van der Waals surface area (Å²) in [6, 6.07) is 5.11. The number of amides is 1. The molecule has 0 saturated carbocycles. The topological polar surface area (TPSA) is 38.3 Å². The van der Waals surface area contributed by atoms with Gasteiger partial charge in [-0.3, -0.25) is 4.79 Å². The van der Waals surface area contributed by atoms with E-state index in [0.29, 0.717) is 5.56 Å². The summed E-state index contributed by atoms with van der Waals surface area (Å²) in [4.78, 5) is 10.8. The first-order chi connectivity index (χ1) is 7.78. The minimum atomic E-state index is -4.69. The lowest BCUT2D eigenvalue weighted by atomic mass is 10.1. The van der Waals surface area contributed by atoms with Crippen LogP contribution in [0.3, 0.4) is 0 Å². The van der Waals surface area contributed by atoms with Gasteiger partial charge in [0.1, 0.15) is 5.75 Å². The number of alkyl halides is 3. The van der Waals surface area contributed by atoms with E-state index in [1.54, 1.807) is 6.92 Å². The average molecular weight is 247 g/mol. The number of halogens is 3. The van der Waals surface area contributed by atoms with E-state index in [0.717, 1.165) is 0 Å². The van der Waals surface area contributed by atoms with Crippen molar-refractivity contribution in [1.29, 1.82) is 0 Å². The third kappa shape index (κ3) is 4.76. The highest BCUT2D eigenvalue weighted by Crippen LogP contribution is 2.24. The van der Waals surface area contributed by atoms with Crippen molar-refractivity contribution in [2.75, 3.05) is 0 Å². The molecular weight excluding hydrogens is 235 g/mol. The molecule has 0 saturated heterocycles. The zero-order chi connectivity index (χ0) is 13.1. The monoisotopic (exact) mass is 247 g/mol. The van der Waals surface area contributed by atoms with Crippen LogP contribution in [-0.4, -0.2) is 12.3 Å². The molecule has 1 amide bonds. The van der Waals surface area contributed by atoms with E-state index in [1.807, 2.05) is 0 Å². The first kappa shape index (κ1) is 13.3. The molecular formula is C11H12F3NO2. The Morgan fingerprint density at radius 2 is 1.82 bits per heavy atom. The van der Waals surface area contributed by atoms with Crippen LogP contribution >= 0.6 is 0 Å². The smallest absolute Gasteiger partial charge is 0.406 e. The van der Waals surface area contributed by atoms with Gasteiger partial charge in [0, 0.05) is 6.92 Å². The third-order valence-electron chi connectivity index (χ3n) is 2.03. The summed E-state index contributed by atoms with van der Waals surface area (Å²) in [6.07, 6.45) is -4.69. The van der Waals surface area contributed by atoms with Gasteiger partial charge >= 0.3 is 6.36 Å². The molecule has 0 aliphatic heterocycles. The zero-order valence-electron chi connectivity index (χ0n) is 9.34. The van der Waals surface area contributed by atoms with E-state index in [9.17, 15) is 18.0 Å². The number of hydrogen-bond acceptors (Lipinski definition) is 2. The van der Waals surface area contributed by atoms with Crippen molar-refractivity contribution in [3.8, 4) is 5.75 Å². The van der Waals surface area contributed by atoms with Crippen LogP contribution in [0, 0.1) is 0 Å². The lowest BCUT2D eigenvalue weighted by Gasteiger charge is -2.14. The quantitative estimate of drug-likeness (QED) is 0.891. The molecule has 0 radical (unpaired) electrons. The summed E-state index contributed by atoms with van der Waals surface area (Å²) >= 11 is 0. The minimum absolute atomic E-state index is 0.201. The minimum Gasteiger partial charge on any atom is -0.406 e. The number of benzene rings is 1. The van der Waals surface area contributed by atoms with Crippen molar-refractivity contribution in [3.05, 3.63) is 29.8 Å². The van der Waals surface area contributed by atoms with Gasteiger partial charge in [0.2, 0.25) is 5.91 Å². The molecule has 0 aromatic heterocycles. The number of hydrogen-bond donors (Lipinski definition) is 1. The summed E-state index contributed by atoms with van der Waals surface area (Å²) in [5.41, 5.74) is 0.703. The normalized spacial score (nSPS) is 13.0. The van der Waals surface area contributed by atoms with Crippen LogP contribution in [0.5, 0.6) is 5.75 Å². The molecule has 0 spiro atoms. The predicted molar refractivity (Wildman–Crippen MR) is 55.4 cm³/mol. The highest BCUT2D eigenvalue weighted by Gasteiger charge is 2.30. The van der Waals surface area contributed by atoms with E-state index in [4.69, 9.17) is 0 Å². The second kappa shape index (κ2) is 5.07. The third-order valence-corrected chi connectivity index (χ3v) is 2.03. The molecule has 6 heteroatoms. The van der Waals surface area contributed by atoms with Crippen molar-refractivity contribution in [3.63, 3.8) is 0 Å². The van der Waals surface area contributed by atoms with Crippen molar-refractivity contribution >= 4 is 5.91 Å². The molecule has 17 heavy (non-hydrogen) atoms. The van der Waals surface area contributed by atoms with E-state index in [-0.39, 0.29) is 17.7 Å². The summed E-state index contributed by atoms with van der Waals surface area (Å²) in [6.45, 7) is 3.11. The Morgan fingerprint density at radius 1 is 1.29 bits per heavy atom. The first-order valence-electron chi connectivity index (χ1n) is 4.91. The van der Waals surface area contributed by atoms with Gasteiger partial charge in [0.15, 0.2) is 0 Å². The van der Waals surface area contributed by atoms with Gasteiger partial charge in [0.05, 0.1) is 6.04 Å². The van der Waals surface area contributed by atoms with Gasteiger partial charge in [-0.15, -0.1) is 13.2 Å². The molecule has 0 bridgehead atoms. The molecule has 1 aromatic rings. The molecule has 1 aromatic carbocycles. The second-order valence-electron chi connectivity index (χ2n) is 3.54. The van der Waals surface area contributed by atoms with Gasteiger partial charge in [-0.1, -0.05) is 12.1 Å². The fraction of sp³-hybridized carbons (Fsp3) is 0.364. The van der Waals surface area contributed by atoms with Crippen LogP contribution in [0.4, 0.5) is 13.2 Å². The molecule has 1 rings (SSSR count). The highest BCUT2D eigenvalue weighted by atomic mass is 19.4. The Balaban J connectivity index is 2.71. The Bertz CT molecular complexity index is 387. The van der Waals surface area contributed by atoms with E-state index in [2.05, 4.69) is 10.1 Å². The Morgan fingerprint density at radius 3 is 2.24 bits per heavy atom. The average Bonchev–Trinajstić information content (AvgIpc) is 2.15. The van der Waals surface area contributed by atoms with Crippen molar-refractivity contribution < 1.29 is 22.7 Å². The maximum atomic E-state index is 11.9. The van der Waals surface area contributed by atoms with Gasteiger partial charge in [-0.25, -0.2) is 0 Å². The summed E-state index contributed by atoms with van der Waals surface area (Å²) in [5.74, 6) is -0.482. The molecule has 94 valence electrons. The molecule has 3 nitrogen and oxygen atoms in total. The summed E-state index contributed by atoms with van der Waals surface area (Å²) < 4.78 is 39.4. The van der Waals surface area contributed by atoms with Crippen molar-refractivity contribution in [2.24, 2.45) is 0 Å². The summed E-state index contributed by atoms with van der Waals surface area (Å²) in [5, 5.41) is 2.62. The fourth-order valence-corrected chi connectivity index (χ4v) is 1.35. The van der Waals surface area contributed by atoms with Crippen molar-refractivity contribution in [1.82, 2.24) is 5.32 Å². The first-order valence-corrected chi connectivity index (χ1v) is 4.91. The number of ether oxygens (including phenoxy) is 1. The molecule has 1 N–H and O–H groups in total. The highest BCUT2D eigenvalue weighted by molar-refractivity contribution is 5.73. The summed E-state index contributed by atoms with van der Waals surface area (Å²) in [7, 11) is 0.